The number of aliphatic imine (C=N–C) groups is 1. The number of amides is 2. The van der Waals surface area contributed by atoms with Crippen LogP contribution in [0.15, 0.2) is 17.1 Å². The van der Waals surface area contributed by atoms with E-state index in [9.17, 15) is 9.59 Å². The first-order valence-corrected chi connectivity index (χ1v) is 8.93. The highest BCUT2D eigenvalue weighted by molar-refractivity contribution is 7.12. The van der Waals surface area contributed by atoms with E-state index in [-0.39, 0.29) is 18.3 Å². The summed E-state index contributed by atoms with van der Waals surface area (Å²) >= 11 is 1.31. The molecule has 2 amide bonds. The quantitative estimate of drug-likeness (QED) is 0.831. The number of rotatable bonds is 3. The number of hydrogen-bond acceptors (Lipinski definition) is 6. The summed E-state index contributed by atoms with van der Waals surface area (Å²) in [5, 5.41) is 15.4. The second-order valence-electron chi connectivity index (χ2n) is 7.06. The lowest BCUT2D eigenvalue weighted by Crippen LogP contribution is -2.62. The maximum absolute atomic E-state index is 12.6. The molecule has 0 unspecified atom stereocenters. The average molecular weight is 377 g/mol. The van der Waals surface area contributed by atoms with Gasteiger partial charge in [0.05, 0.1) is 12.0 Å². The van der Waals surface area contributed by atoms with Gasteiger partial charge in [0.25, 0.3) is 0 Å². The Morgan fingerprint density at radius 2 is 2.23 bits per heavy atom. The van der Waals surface area contributed by atoms with E-state index in [1.165, 1.54) is 16.2 Å². The number of thiophene rings is 1. The van der Waals surface area contributed by atoms with Crippen molar-refractivity contribution in [3.63, 3.8) is 0 Å². The number of carbonyl (C=O) groups is 2. The SMILES string of the molecule is CNC[C@@]1(c2ccc(C#N)s2)CC(=O)N(C)/C(=N\C(=O)OC(C)(C)C)N1. The second kappa shape index (κ2) is 7.43. The van der Waals surface area contributed by atoms with Crippen molar-refractivity contribution < 1.29 is 14.3 Å². The van der Waals surface area contributed by atoms with Crippen LogP contribution in [0.5, 0.6) is 0 Å². The summed E-state index contributed by atoms with van der Waals surface area (Å²) in [7, 11) is 3.33. The fourth-order valence-corrected chi connectivity index (χ4v) is 3.56. The number of likely N-dealkylation sites (N-methyl/N-ethyl adjacent to an activating group) is 1. The molecule has 1 aliphatic rings. The standard InChI is InChI=1S/C17H23N5O3S/c1-16(2,3)25-15(24)20-14-21-17(10-19-4,8-13(23)22(14)5)12-7-6-11(9-18)26-12/h6-7,19H,8,10H2,1-5H3,(H,20,21,24)/t17-/m1/s1. The van der Waals surface area contributed by atoms with Gasteiger partial charge in [0.2, 0.25) is 11.9 Å². The molecule has 1 aliphatic heterocycles. The van der Waals surface area contributed by atoms with Gasteiger partial charge in [-0.3, -0.25) is 9.69 Å². The number of nitrogens with one attached hydrogen (secondary N) is 2. The van der Waals surface area contributed by atoms with Crippen molar-refractivity contribution in [3.05, 3.63) is 21.9 Å². The van der Waals surface area contributed by atoms with Gasteiger partial charge >= 0.3 is 6.09 Å². The molecule has 0 saturated carbocycles. The molecule has 8 nitrogen and oxygen atoms in total. The highest BCUT2D eigenvalue weighted by atomic mass is 32.1. The van der Waals surface area contributed by atoms with Crippen LogP contribution in [0.3, 0.4) is 0 Å². The first kappa shape index (κ1) is 19.9. The van der Waals surface area contributed by atoms with Crippen LogP contribution in [0.4, 0.5) is 4.79 Å². The number of carbonyl (C=O) groups excluding carboxylic acids is 2. The Balaban J connectivity index is 2.40. The smallest absolute Gasteiger partial charge is 0.437 e. The van der Waals surface area contributed by atoms with E-state index >= 15 is 0 Å². The number of nitrogens with zero attached hydrogens (tertiary/aromatic N) is 3. The zero-order valence-corrected chi connectivity index (χ0v) is 16.4. The summed E-state index contributed by atoms with van der Waals surface area (Å²) in [6.07, 6.45) is -0.605. The predicted octanol–water partition coefficient (Wildman–Crippen LogP) is 1.78. The van der Waals surface area contributed by atoms with Gasteiger partial charge in [-0.05, 0) is 40.0 Å². The third-order valence-electron chi connectivity index (χ3n) is 3.75. The Morgan fingerprint density at radius 3 is 2.77 bits per heavy atom. The van der Waals surface area contributed by atoms with E-state index in [1.54, 1.807) is 40.9 Å². The summed E-state index contributed by atoms with van der Waals surface area (Å²) in [6, 6.07) is 5.64. The first-order valence-electron chi connectivity index (χ1n) is 8.11. The number of guanidine groups is 1. The largest absolute Gasteiger partial charge is 0.442 e. The molecule has 1 atom stereocenters. The third kappa shape index (κ3) is 4.39. The fourth-order valence-electron chi connectivity index (χ4n) is 2.61. The molecule has 26 heavy (non-hydrogen) atoms. The molecule has 0 aromatic carbocycles. The molecule has 1 fully saturated rings. The highest BCUT2D eigenvalue weighted by Gasteiger charge is 2.43. The summed E-state index contributed by atoms with van der Waals surface area (Å²) in [5.74, 6) is -0.0640. The van der Waals surface area contributed by atoms with Crippen LogP contribution in [-0.4, -0.2) is 49.1 Å². The van der Waals surface area contributed by atoms with Gasteiger partial charge in [-0.25, -0.2) is 4.79 Å². The summed E-state index contributed by atoms with van der Waals surface area (Å²) in [6.45, 7) is 5.66. The topological polar surface area (TPSA) is 107 Å². The predicted molar refractivity (Wildman–Crippen MR) is 98.8 cm³/mol. The van der Waals surface area contributed by atoms with Gasteiger partial charge in [0, 0.05) is 18.5 Å². The van der Waals surface area contributed by atoms with E-state index in [4.69, 9.17) is 10.00 Å². The van der Waals surface area contributed by atoms with Gasteiger partial charge in [-0.1, -0.05) is 0 Å². The maximum Gasteiger partial charge on any atom is 0.437 e. The monoisotopic (exact) mass is 377 g/mol. The summed E-state index contributed by atoms with van der Waals surface area (Å²) in [4.78, 5) is 31.3. The summed E-state index contributed by atoms with van der Waals surface area (Å²) in [5.41, 5.74) is -1.48. The van der Waals surface area contributed by atoms with Gasteiger partial charge in [-0.15, -0.1) is 16.3 Å². The van der Waals surface area contributed by atoms with Crippen LogP contribution in [0.1, 0.15) is 36.9 Å². The minimum Gasteiger partial charge on any atom is -0.442 e. The van der Waals surface area contributed by atoms with Crippen LogP contribution in [0.25, 0.3) is 0 Å². The van der Waals surface area contributed by atoms with Crippen LogP contribution in [0, 0.1) is 11.3 Å². The first-order chi connectivity index (χ1) is 12.1. The molecule has 2 N–H and O–H groups in total. The van der Waals surface area contributed by atoms with E-state index in [0.717, 1.165) is 4.88 Å². The fraction of sp³-hybridized carbons (Fsp3) is 0.529. The van der Waals surface area contributed by atoms with Gasteiger partial charge in [0.15, 0.2) is 0 Å². The molecule has 140 valence electrons. The summed E-state index contributed by atoms with van der Waals surface area (Å²) < 4.78 is 5.22. The molecule has 9 heteroatoms. The van der Waals surface area contributed by atoms with Crippen molar-refractivity contribution in [2.75, 3.05) is 20.6 Å². The lowest BCUT2D eigenvalue weighted by Gasteiger charge is -2.41. The lowest BCUT2D eigenvalue weighted by molar-refractivity contribution is -0.129. The number of ether oxygens (including phenoxy) is 1. The van der Waals surface area contributed by atoms with Crippen molar-refractivity contribution in [2.45, 2.75) is 38.3 Å². The van der Waals surface area contributed by atoms with E-state index < -0.39 is 17.2 Å². The minimum atomic E-state index is -0.793. The molecular formula is C17H23N5O3S. The molecule has 2 rings (SSSR count). The minimum absolute atomic E-state index is 0.123. The zero-order valence-electron chi connectivity index (χ0n) is 15.5. The molecule has 2 heterocycles. The average Bonchev–Trinajstić information content (AvgIpc) is 3.00. The molecule has 1 saturated heterocycles. The Labute approximate surface area is 156 Å². The van der Waals surface area contributed by atoms with Crippen molar-refractivity contribution in [3.8, 4) is 6.07 Å². The maximum atomic E-state index is 12.6. The van der Waals surface area contributed by atoms with E-state index in [0.29, 0.717) is 11.4 Å². The molecule has 0 bridgehead atoms. The van der Waals surface area contributed by atoms with Crippen LogP contribution >= 0.6 is 11.3 Å². The Bertz CT molecular complexity index is 774. The van der Waals surface area contributed by atoms with E-state index in [2.05, 4.69) is 21.7 Å². The van der Waals surface area contributed by atoms with Crippen molar-refractivity contribution in [1.29, 1.82) is 5.26 Å². The van der Waals surface area contributed by atoms with Gasteiger partial charge in [0.1, 0.15) is 16.5 Å². The van der Waals surface area contributed by atoms with Gasteiger partial charge < -0.3 is 15.4 Å². The molecule has 0 spiro atoms. The van der Waals surface area contributed by atoms with Gasteiger partial charge in [-0.2, -0.15) is 5.26 Å². The number of nitriles is 1. The second-order valence-corrected chi connectivity index (χ2v) is 8.14. The zero-order chi connectivity index (χ0) is 19.5. The Kier molecular flexibility index (Phi) is 5.68. The molecule has 1 aromatic rings. The van der Waals surface area contributed by atoms with Crippen LogP contribution < -0.4 is 10.6 Å². The van der Waals surface area contributed by atoms with Crippen molar-refractivity contribution in [2.24, 2.45) is 4.99 Å². The lowest BCUT2D eigenvalue weighted by atomic mass is 9.90. The highest BCUT2D eigenvalue weighted by Crippen LogP contribution is 2.34. The third-order valence-corrected chi connectivity index (χ3v) is 4.95. The molecular weight excluding hydrogens is 354 g/mol. The van der Waals surface area contributed by atoms with Crippen molar-refractivity contribution >= 4 is 29.3 Å². The van der Waals surface area contributed by atoms with Crippen LogP contribution in [0.2, 0.25) is 0 Å². The Morgan fingerprint density at radius 1 is 1.54 bits per heavy atom. The van der Waals surface area contributed by atoms with E-state index in [1.807, 2.05) is 6.07 Å². The molecule has 0 aliphatic carbocycles. The molecule has 1 aromatic heterocycles. The van der Waals surface area contributed by atoms with Crippen LogP contribution in [-0.2, 0) is 15.1 Å². The van der Waals surface area contributed by atoms with Crippen molar-refractivity contribution in [1.82, 2.24) is 15.5 Å². The normalized spacial score (nSPS) is 22.1. The molecule has 0 radical (unpaired) electrons. The Hall–Kier alpha value is -2.44. The number of hydrogen-bond donors (Lipinski definition) is 2.